The highest BCUT2D eigenvalue weighted by molar-refractivity contribution is 6.46. The number of hydrogen-bond donors (Lipinski definition) is 1. The van der Waals surface area contributed by atoms with Crippen molar-refractivity contribution in [1.29, 1.82) is 0 Å². The SMILES string of the molecule is COc1cccc([C@@H]2/C(=C(\O)c3c(C)nc4c(C)cccn34)C(=O)C(=O)N2CCCN(C)C)c1. The highest BCUT2D eigenvalue weighted by Crippen LogP contribution is 2.41. The second-order valence-corrected chi connectivity index (χ2v) is 8.86. The number of ketones is 1. The van der Waals surface area contributed by atoms with Crippen LogP contribution in [-0.4, -0.2) is 70.3 Å². The normalized spacial score (nSPS) is 17.8. The molecule has 178 valence electrons. The molecular weight excluding hydrogens is 432 g/mol. The smallest absolute Gasteiger partial charge is 0.295 e. The van der Waals surface area contributed by atoms with E-state index < -0.39 is 17.7 Å². The number of fused-ring (bicyclic) bond motifs is 1. The fourth-order valence-electron chi connectivity index (χ4n) is 4.56. The molecule has 8 heteroatoms. The van der Waals surface area contributed by atoms with Crippen LogP contribution in [-0.2, 0) is 9.59 Å². The van der Waals surface area contributed by atoms with Gasteiger partial charge in [0.1, 0.15) is 17.1 Å². The summed E-state index contributed by atoms with van der Waals surface area (Å²) in [5.74, 6) is -0.928. The number of amides is 1. The van der Waals surface area contributed by atoms with Crippen LogP contribution < -0.4 is 4.74 Å². The summed E-state index contributed by atoms with van der Waals surface area (Å²) in [4.78, 5) is 34.7. The fraction of sp³-hybridized carbons (Fsp3) is 0.346. The number of nitrogens with zero attached hydrogens (tertiary/aromatic N) is 4. The Hall–Kier alpha value is -3.65. The molecule has 3 aromatic rings. The zero-order chi connectivity index (χ0) is 24.6. The van der Waals surface area contributed by atoms with Crippen molar-refractivity contribution < 1.29 is 19.4 Å². The van der Waals surface area contributed by atoms with Crippen LogP contribution in [0.15, 0.2) is 48.2 Å². The van der Waals surface area contributed by atoms with Gasteiger partial charge in [-0.15, -0.1) is 0 Å². The molecule has 34 heavy (non-hydrogen) atoms. The van der Waals surface area contributed by atoms with E-state index in [9.17, 15) is 14.7 Å². The number of Topliss-reactive ketones (excluding diaryl/α,β-unsaturated/α-hetero) is 1. The number of ether oxygens (including phenoxy) is 1. The number of rotatable bonds is 7. The first kappa shape index (κ1) is 23.5. The molecule has 1 aliphatic heterocycles. The van der Waals surface area contributed by atoms with Crippen LogP contribution in [0.25, 0.3) is 11.4 Å². The van der Waals surface area contributed by atoms with Crippen LogP contribution in [0.2, 0.25) is 0 Å². The van der Waals surface area contributed by atoms with E-state index in [2.05, 4.69) is 4.98 Å². The molecule has 1 amide bonds. The van der Waals surface area contributed by atoms with E-state index >= 15 is 0 Å². The molecular formula is C26H30N4O4. The summed E-state index contributed by atoms with van der Waals surface area (Å²) in [6.45, 7) is 4.87. The molecule has 0 spiro atoms. The maximum Gasteiger partial charge on any atom is 0.295 e. The Morgan fingerprint density at radius 3 is 2.65 bits per heavy atom. The maximum absolute atomic E-state index is 13.3. The topological polar surface area (TPSA) is 87.4 Å². The van der Waals surface area contributed by atoms with Crippen molar-refractivity contribution in [2.45, 2.75) is 26.3 Å². The van der Waals surface area contributed by atoms with Crippen LogP contribution in [0, 0.1) is 13.8 Å². The third-order valence-electron chi connectivity index (χ3n) is 6.20. The van der Waals surface area contributed by atoms with Gasteiger partial charge >= 0.3 is 0 Å². The zero-order valence-corrected chi connectivity index (χ0v) is 20.2. The van der Waals surface area contributed by atoms with Crippen molar-refractivity contribution in [1.82, 2.24) is 19.2 Å². The molecule has 0 aliphatic carbocycles. The van der Waals surface area contributed by atoms with Gasteiger partial charge in [0.2, 0.25) is 0 Å². The Morgan fingerprint density at radius 1 is 1.18 bits per heavy atom. The van der Waals surface area contributed by atoms with E-state index in [1.807, 2.05) is 50.2 Å². The summed E-state index contributed by atoms with van der Waals surface area (Å²) in [7, 11) is 5.49. The van der Waals surface area contributed by atoms with Gasteiger partial charge in [0.15, 0.2) is 5.76 Å². The molecule has 4 rings (SSSR count). The molecule has 1 aromatic carbocycles. The number of carbonyl (C=O) groups excluding carboxylic acids is 2. The highest BCUT2D eigenvalue weighted by atomic mass is 16.5. The van der Waals surface area contributed by atoms with Crippen LogP contribution in [0.5, 0.6) is 5.75 Å². The van der Waals surface area contributed by atoms with Gasteiger partial charge in [-0.2, -0.15) is 0 Å². The van der Waals surface area contributed by atoms with E-state index in [-0.39, 0.29) is 11.3 Å². The van der Waals surface area contributed by atoms with Crippen molar-refractivity contribution >= 4 is 23.1 Å². The fourth-order valence-corrected chi connectivity index (χ4v) is 4.56. The van der Waals surface area contributed by atoms with Gasteiger partial charge in [0, 0.05) is 12.7 Å². The summed E-state index contributed by atoms with van der Waals surface area (Å²) in [5, 5.41) is 11.5. The van der Waals surface area contributed by atoms with Gasteiger partial charge in [-0.25, -0.2) is 4.98 Å². The first-order chi connectivity index (χ1) is 16.2. The van der Waals surface area contributed by atoms with Crippen molar-refractivity contribution in [3.05, 3.63) is 70.7 Å². The molecule has 2 aromatic heterocycles. The first-order valence-corrected chi connectivity index (χ1v) is 11.3. The second kappa shape index (κ2) is 9.30. The Morgan fingerprint density at radius 2 is 1.94 bits per heavy atom. The van der Waals surface area contributed by atoms with Crippen molar-refractivity contribution in [2.75, 3.05) is 34.3 Å². The van der Waals surface area contributed by atoms with Gasteiger partial charge in [0.25, 0.3) is 11.7 Å². The lowest BCUT2D eigenvalue weighted by molar-refractivity contribution is -0.139. The largest absolute Gasteiger partial charge is 0.505 e. The standard InChI is InChI=1S/C26H30N4O4/c1-16-9-7-13-29-21(17(2)27-25(16)29)23(31)20-22(18-10-6-11-19(15-18)34-5)30(26(33)24(20)32)14-8-12-28(3)4/h6-7,9-11,13,15,22,31H,8,12,14H2,1-5H3/b23-20+/t22-/m1/s1. The van der Waals surface area contributed by atoms with Gasteiger partial charge in [-0.05, 0) is 70.2 Å². The Labute approximate surface area is 199 Å². The van der Waals surface area contributed by atoms with E-state index in [1.54, 1.807) is 41.7 Å². The van der Waals surface area contributed by atoms with Crippen molar-refractivity contribution in [3.63, 3.8) is 0 Å². The quantitative estimate of drug-likeness (QED) is 0.329. The van der Waals surface area contributed by atoms with Crippen LogP contribution in [0.3, 0.4) is 0 Å². The number of aryl methyl sites for hydroxylation is 2. The summed E-state index contributed by atoms with van der Waals surface area (Å²) in [5.41, 5.74) is 3.40. The van der Waals surface area contributed by atoms with Gasteiger partial charge in [0.05, 0.1) is 24.4 Å². The summed E-state index contributed by atoms with van der Waals surface area (Å²) >= 11 is 0. The summed E-state index contributed by atoms with van der Waals surface area (Å²) in [6, 6.07) is 10.3. The molecule has 0 unspecified atom stereocenters. The summed E-state index contributed by atoms with van der Waals surface area (Å²) in [6.07, 6.45) is 2.49. The average molecular weight is 463 g/mol. The van der Waals surface area contributed by atoms with Crippen molar-refractivity contribution in [3.8, 4) is 5.75 Å². The minimum Gasteiger partial charge on any atom is -0.505 e. The predicted molar refractivity (Wildman–Crippen MR) is 130 cm³/mol. The molecule has 1 fully saturated rings. The number of pyridine rings is 1. The van der Waals surface area contributed by atoms with Crippen molar-refractivity contribution in [2.24, 2.45) is 0 Å². The number of aliphatic hydroxyl groups excluding tert-OH is 1. The molecule has 0 radical (unpaired) electrons. The van der Waals surface area contributed by atoms with E-state index in [1.165, 1.54) is 0 Å². The van der Waals surface area contributed by atoms with E-state index in [0.717, 1.165) is 12.1 Å². The van der Waals surface area contributed by atoms with Crippen LogP contribution >= 0.6 is 0 Å². The first-order valence-electron chi connectivity index (χ1n) is 11.3. The molecule has 1 N–H and O–H groups in total. The monoisotopic (exact) mass is 462 g/mol. The third-order valence-corrected chi connectivity index (χ3v) is 6.20. The Balaban J connectivity index is 1.91. The number of methoxy groups -OCH3 is 1. The highest BCUT2D eigenvalue weighted by Gasteiger charge is 2.46. The molecule has 1 saturated heterocycles. The number of aliphatic hydroxyl groups is 1. The Bertz CT molecular complexity index is 1290. The molecule has 8 nitrogen and oxygen atoms in total. The predicted octanol–water partition coefficient (Wildman–Crippen LogP) is 3.33. The maximum atomic E-state index is 13.3. The van der Waals surface area contributed by atoms with Crippen LogP contribution in [0.4, 0.5) is 0 Å². The lowest BCUT2D eigenvalue weighted by atomic mass is 9.96. The van der Waals surface area contributed by atoms with E-state index in [0.29, 0.717) is 41.3 Å². The number of imidazole rings is 1. The molecule has 3 heterocycles. The Kier molecular flexibility index (Phi) is 6.43. The number of carbonyl (C=O) groups is 2. The number of hydrogen-bond acceptors (Lipinski definition) is 6. The van der Waals surface area contributed by atoms with E-state index in [4.69, 9.17) is 4.74 Å². The second-order valence-electron chi connectivity index (χ2n) is 8.86. The van der Waals surface area contributed by atoms with Crippen LogP contribution in [0.1, 0.15) is 35.0 Å². The molecule has 1 atom stereocenters. The van der Waals surface area contributed by atoms with Gasteiger partial charge in [-0.3, -0.25) is 14.0 Å². The third kappa shape index (κ3) is 4.05. The van der Waals surface area contributed by atoms with Gasteiger partial charge in [-0.1, -0.05) is 18.2 Å². The lowest BCUT2D eigenvalue weighted by Gasteiger charge is -2.26. The molecule has 1 aliphatic rings. The number of aromatic nitrogens is 2. The lowest BCUT2D eigenvalue weighted by Crippen LogP contribution is -2.32. The minimum absolute atomic E-state index is 0.0644. The van der Waals surface area contributed by atoms with Gasteiger partial charge < -0.3 is 19.6 Å². The average Bonchev–Trinajstić information content (AvgIpc) is 3.28. The minimum atomic E-state index is -0.730. The number of likely N-dealkylation sites (tertiary alicyclic amines) is 1. The summed E-state index contributed by atoms with van der Waals surface area (Å²) < 4.78 is 7.15. The zero-order valence-electron chi connectivity index (χ0n) is 20.2. The number of benzene rings is 1. The molecule has 0 saturated carbocycles. The molecule has 0 bridgehead atoms.